The number of hydrogen-bond acceptors (Lipinski definition) is 8. The molecule has 11 nitrogen and oxygen atoms in total. The van der Waals surface area contributed by atoms with Gasteiger partial charge in [-0.2, -0.15) is 18.3 Å². The topological polar surface area (TPSA) is 131 Å². The van der Waals surface area contributed by atoms with E-state index in [0.717, 1.165) is 12.8 Å². The molecule has 3 aromatic rings. The number of nitrogens with zero attached hydrogens (tertiary/aromatic N) is 6. The van der Waals surface area contributed by atoms with Crippen LogP contribution in [0.4, 0.5) is 30.7 Å². The van der Waals surface area contributed by atoms with Gasteiger partial charge >= 0.3 is 6.18 Å². The second-order valence-electron chi connectivity index (χ2n) is 12.5. The van der Waals surface area contributed by atoms with Gasteiger partial charge in [-0.3, -0.25) is 14.5 Å². The fourth-order valence-electron chi connectivity index (χ4n) is 6.09. The van der Waals surface area contributed by atoms with E-state index in [0.29, 0.717) is 16.9 Å². The van der Waals surface area contributed by atoms with Crippen molar-refractivity contribution in [3.63, 3.8) is 0 Å². The molecule has 3 fully saturated rings. The predicted octanol–water partition coefficient (Wildman–Crippen LogP) is 4.77. The first-order valence-electron chi connectivity index (χ1n) is 15.0. The number of fused-ring (bicyclic) bond motifs is 1. The zero-order valence-corrected chi connectivity index (χ0v) is 24.4. The van der Waals surface area contributed by atoms with Crippen molar-refractivity contribution in [3.8, 4) is 0 Å². The molecule has 2 saturated carbocycles. The Labute approximate surface area is 257 Å². The van der Waals surface area contributed by atoms with Crippen LogP contribution in [0.25, 0.3) is 5.65 Å². The molecule has 46 heavy (non-hydrogen) atoms. The number of likely N-dealkylation sites (tertiary alicyclic amines) is 1. The van der Waals surface area contributed by atoms with E-state index >= 15 is 0 Å². The third-order valence-corrected chi connectivity index (χ3v) is 8.66. The van der Waals surface area contributed by atoms with E-state index in [-0.39, 0.29) is 36.7 Å². The smallest absolute Gasteiger partial charge is 0.349 e. The molecule has 2 aliphatic carbocycles. The zero-order chi connectivity index (χ0) is 32.9. The van der Waals surface area contributed by atoms with E-state index in [2.05, 4.69) is 31.0 Å². The summed E-state index contributed by atoms with van der Waals surface area (Å²) < 4.78 is 98.8. The maximum Gasteiger partial charge on any atom is 0.389 e. The number of nitrogens with one attached hydrogen (secondary N) is 2. The van der Waals surface area contributed by atoms with Gasteiger partial charge in [0, 0.05) is 25.8 Å². The Kier molecular flexibility index (Phi) is 8.43. The van der Waals surface area contributed by atoms with Crippen LogP contribution in [0, 0.1) is 11.8 Å². The Balaban J connectivity index is 1.22. The quantitative estimate of drug-likeness (QED) is 0.282. The highest BCUT2D eigenvalue weighted by molar-refractivity contribution is 5.93. The Hall–Kier alpha value is -3.83. The Morgan fingerprint density at radius 2 is 1.67 bits per heavy atom. The lowest BCUT2D eigenvalue weighted by atomic mass is 9.81. The number of amides is 2. The molecule has 2 N–H and O–H groups in total. The van der Waals surface area contributed by atoms with Crippen LogP contribution in [0.2, 0.25) is 0 Å². The number of carbonyl (C=O) groups excluding carboxylic acids is 2. The van der Waals surface area contributed by atoms with Crippen LogP contribution in [-0.2, 0) is 11.3 Å². The lowest BCUT2D eigenvalue weighted by Crippen LogP contribution is -2.55. The number of halogens is 7. The van der Waals surface area contributed by atoms with Gasteiger partial charge in [-0.1, -0.05) is 5.16 Å². The first kappa shape index (κ1) is 32.1. The van der Waals surface area contributed by atoms with Crippen LogP contribution in [-0.4, -0.2) is 72.7 Å². The lowest BCUT2D eigenvalue weighted by Gasteiger charge is -2.38. The summed E-state index contributed by atoms with van der Waals surface area (Å²) in [6.07, 6.45) is -2.48. The SMILES string of the molecule is O=C(CCC(F)(F)F)N[C@@H](c1cnn2cc(C(NC(=O)c3nonc3CN3CC(F)(F)C3)C3CCC(F)(F)CC3)nc2c1)C1CC1. The Morgan fingerprint density at radius 1 is 0.978 bits per heavy atom. The molecule has 4 heterocycles. The summed E-state index contributed by atoms with van der Waals surface area (Å²) in [5, 5.41) is 17.2. The molecule has 0 bridgehead atoms. The third kappa shape index (κ3) is 7.58. The van der Waals surface area contributed by atoms with Crippen LogP contribution in [0.5, 0.6) is 0 Å². The number of alkyl halides is 7. The molecule has 250 valence electrons. The van der Waals surface area contributed by atoms with Crippen molar-refractivity contribution < 1.29 is 45.0 Å². The second kappa shape index (κ2) is 12.1. The average Bonchev–Trinajstić information content (AvgIpc) is 3.54. The average molecular weight is 661 g/mol. The summed E-state index contributed by atoms with van der Waals surface area (Å²) in [5.74, 6) is -7.57. The van der Waals surface area contributed by atoms with Crippen molar-refractivity contribution in [1.82, 2.24) is 40.4 Å². The predicted molar refractivity (Wildman–Crippen MR) is 144 cm³/mol. The molecule has 2 atom stereocenters. The van der Waals surface area contributed by atoms with E-state index in [1.807, 2.05) is 0 Å². The summed E-state index contributed by atoms with van der Waals surface area (Å²) in [6, 6.07) is 0.201. The maximum atomic E-state index is 14.1. The minimum absolute atomic E-state index is 0.0252. The minimum atomic E-state index is -4.46. The van der Waals surface area contributed by atoms with Crippen molar-refractivity contribution in [2.45, 2.75) is 88.0 Å². The van der Waals surface area contributed by atoms with Crippen molar-refractivity contribution in [1.29, 1.82) is 0 Å². The molecule has 1 saturated heterocycles. The van der Waals surface area contributed by atoms with Gasteiger partial charge in [0.2, 0.25) is 11.8 Å². The van der Waals surface area contributed by atoms with E-state index in [9.17, 15) is 40.3 Å². The number of carbonyl (C=O) groups is 2. The summed E-state index contributed by atoms with van der Waals surface area (Å²) >= 11 is 0. The summed E-state index contributed by atoms with van der Waals surface area (Å²) in [5.41, 5.74) is 0.988. The van der Waals surface area contributed by atoms with Gasteiger partial charge in [-0.25, -0.2) is 31.7 Å². The van der Waals surface area contributed by atoms with Crippen LogP contribution in [0.15, 0.2) is 23.1 Å². The molecule has 3 aliphatic rings. The maximum absolute atomic E-state index is 14.1. The Bertz CT molecular complexity index is 1570. The van der Waals surface area contributed by atoms with Crippen molar-refractivity contribution in [2.24, 2.45) is 11.8 Å². The number of hydrogen-bond donors (Lipinski definition) is 2. The van der Waals surface area contributed by atoms with E-state index in [4.69, 9.17) is 4.63 Å². The first-order valence-corrected chi connectivity index (χ1v) is 15.0. The highest BCUT2D eigenvalue weighted by Crippen LogP contribution is 2.43. The van der Waals surface area contributed by atoms with Crippen molar-refractivity contribution in [2.75, 3.05) is 13.1 Å². The normalized spacial score (nSPS) is 21.5. The minimum Gasteiger partial charge on any atom is -0.349 e. The highest BCUT2D eigenvalue weighted by Gasteiger charge is 2.45. The van der Waals surface area contributed by atoms with Crippen molar-refractivity contribution in [3.05, 3.63) is 41.1 Å². The molecule has 1 aliphatic heterocycles. The van der Waals surface area contributed by atoms with Gasteiger partial charge in [0.05, 0.1) is 49.7 Å². The van der Waals surface area contributed by atoms with Crippen LogP contribution >= 0.6 is 0 Å². The number of imidazole rings is 1. The summed E-state index contributed by atoms with van der Waals surface area (Å²) in [6.45, 7) is -1.11. The number of rotatable bonds is 11. The van der Waals surface area contributed by atoms with Crippen LogP contribution in [0.3, 0.4) is 0 Å². The zero-order valence-electron chi connectivity index (χ0n) is 24.4. The van der Waals surface area contributed by atoms with E-state index in [1.165, 1.54) is 21.8 Å². The fourth-order valence-corrected chi connectivity index (χ4v) is 6.09. The van der Waals surface area contributed by atoms with Gasteiger partial charge in [0.15, 0.2) is 11.3 Å². The first-order chi connectivity index (χ1) is 21.6. The van der Waals surface area contributed by atoms with Gasteiger partial charge in [0.25, 0.3) is 11.8 Å². The van der Waals surface area contributed by atoms with Crippen LogP contribution < -0.4 is 10.6 Å². The molecule has 2 amide bonds. The monoisotopic (exact) mass is 660 g/mol. The molecular formula is C28H31F7N8O3. The number of aromatic nitrogens is 5. The second-order valence-corrected chi connectivity index (χ2v) is 12.5. The summed E-state index contributed by atoms with van der Waals surface area (Å²) in [4.78, 5) is 31.7. The molecule has 1 unspecified atom stereocenters. The largest absolute Gasteiger partial charge is 0.389 e. The molecule has 0 aromatic carbocycles. The molecule has 6 rings (SSSR count). The van der Waals surface area contributed by atoms with Gasteiger partial charge < -0.3 is 10.6 Å². The summed E-state index contributed by atoms with van der Waals surface area (Å²) in [7, 11) is 0. The molecule has 3 aromatic heterocycles. The molecule has 0 radical (unpaired) electrons. The van der Waals surface area contributed by atoms with E-state index < -0.39 is 86.6 Å². The lowest BCUT2D eigenvalue weighted by molar-refractivity contribution is -0.144. The van der Waals surface area contributed by atoms with Crippen molar-refractivity contribution >= 4 is 17.5 Å². The van der Waals surface area contributed by atoms with Gasteiger partial charge in [-0.15, -0.1) is 0 Å². The fraction of sp³-hybridized carbons (Fsp3) is 0.643. The third-order valence-electron chi connectivity index (χ3n) is 8.66. The Morgan fingerprint density at radius 3 is 2.33 bits per heavy atom. The highest BCUT2D eigenvalue weighted by atomic mass is 19.4. The van der Waals surface area contributed by atoms with Gasteiger partial charge in [0.1, 0.15) is 5.69 Å². The van der Waals surface area contributed by atoms with Crippen LogP contribution in [0.1, 0.15) is 90.9 Å². The molecule has 0 spiro atoms. The van der Waals surface area contributed by atoms with Gasteiger partial charge in [-0.05, 0) is 54.3 Å². The molecule has 18 heteroatoms. The molecular weight excluding hydrogens is 629 g/mol. The standard InChI is InChI=1S/C28H31F7N8O3/c29-26(30)6-3-16(4-7-26)23(39-25(45)24-19(40-46-41-24)11-42-13-27(31,32)14-42)18-12-43-20(37-18)9-17(10-36-43)22(15-1-2-15)38-21(44)5-8-28(33,34)35/h9-10,12,15-16,22-23H,1-8,11,13-14H2,(H,38,44)(H,39,45)/t22-,23?/m1/s1. The van der Waals surface area contributed by atoms with E-state index in [1.54, 1.807) is 6.07 Å².